The summed E-state index contributed by atoms with van der Waals surface area (Å²) in [5.41, 5.74) is 0.998. The van der Waals surface area contributed by atoms with Crippen molar-refractivity contribution in [3.8, 4) is 5.75 Å². The molecule has 3 amide bonds. The Hall–Kier alpha value is -2.53. The lowest BCUT2D eigenvalue weighted by Gasteiger charge is -2.21. The van der Waals surface area contributed by atoms with Crippen LogP contribution in [0.5, 0.6) is 5.75 Å². The van der Waals surface area contributed by atoms with Crippen molar-refractivity contribution in [2.45, 2.75) is 31.8 Å². The topological polar surface area (TPSA) is 58.6 Å². The van der Waals surface area contributed by atoms with Crippen LogP contribution in [0.4, 0.5) is 4.79 Å². The lowest BCUT2D eigenvalue weighted by molar-refractivity contribution is -0.131. The summed E-state index contributed by atoms with van der Waals surface area (Å²) >= 11 is 5.99. The number of imide groups is 1. The second kappa shape index (κ2) is 7.38. The van der Waals surface area contributed by atoms with Gasteiger partial charge in [0.25, 0.3) is 5.91 Å². The fourth-order valence-electron chi connectivity index (χ4n) is 3.06. The quantitative estimate of drug-likeness (QED) is 0.785. The van der Waals surface area contributed by atoms with Crippen LogP contribution in [-0.2, 0) is 17.8 Å². The molecule has 1 heterocycles. The van der Waals surface area contributed by atoms with E-state index in [1.54, 1.807) is 32.2 Å². The van der Waals surface area contributed by atoms with Crippen LogP contribution in [0.3, 0.4) is 0 Å². The number of methoxy groups -OCH3 is 1. The molecule has 0 aromatic heterocycles. The molecule has 1 fully saturated rings. The number of hydrogen-bond acceptors (Lipinski definition) is 3. The third kappa shape index (κ3) is 3.83. The number of urea groups is 1. The fourth-order valence-corrected chi connectivity index (χ4v) is 3.28. The summed E-state index contributed by atoms with van der Waals surface area (Å²) in [5, 5.41) is 3.42. The predicted molar refractivity (Wildman–Crippen MR) is 100 cm³/mol. The zero-order valence-corrected chi connectivity index (χ0v) is 15.5. The Morgan fingerprint density at radius 1 is 1.12 bits per heavy atom. The Bertz CT molecular complexity index is 822. The molecule has 2 aromatic rings. The molecule has 1 atom stereocenters. The zero-order chi connectivity index (χ0) is 18.7. The Morgan fingerprint density at radius 2 is 1.85 bits per heavy atom. The molecule has 0 bridgehead atoms. The standard InChI is InChI=1S/C20H21ClN2O3/c1-20(11-10-14-6-8-17(26-2)9-7-14)18(24)23(19(25)22-20)13-15-4-3-5-16(21)12-15/h3-9,12H,10-11,13H2,1-2H3,(H,22,25). The van der Waals surface area contributed by atoms with Crippen molar-refractivity contribution in [2.75, 3.05) is 7.11 Å². The Morgan fingerprint density at radius 3 is 2.50 bits per heavy atom. The van der Waals surface area contributed by atoms with Crippen LogP contribution in [0, 0.1) is 0 Å². The lowest BCUT2D eigenvalue weighted by atomic mass is 9.93. The molecule has 0 spiro atoms. The van der Waals surface area contributed by atoms with Gasteiger partial charge < -0.3 is 10.1 Å². The number of carbonyl (C=O) groups excluding carboxylic acids is 2. The Labute approximate surface area is 157 Å². The van der Waals surface area contributed by atoms with Gasteiger partial charge in [0.1, 0.15) is 11.3 Å². The Balaban J connectivity index is 1.67. The van der Waals surface area contributed by atoms with Crippen molar-refractivity contribution < 1.29 is 14.3 Å². The van der Waals surface area contributed by atoms with Crippen LogP contribution in [0.25, 0.3) is 0 Å². The van der Waals surface area contributed by atoms with E-state index in [9.17, 15) is 9.59 Å². The molecular formula is C20H21ClN2O3. The van der Waals surface area contributed by atoms with Crippen molar-refractivity contribution in [3.05, 3.63) is 64.7 Å². The Kier molecular flexibility index (Phi) is 5.18. The molecule has 1 aliphatic heterocycles. The van der Waals surface area contributed by atoms with Crippen molar-refractivity contribution in [1.29, 1.82) is 0 Å². The molecule has 26 heavy (non-hydrogen) atoms. The van der Waals surface area contributed by atoms with Crippen LogP contribution in [-0.4, -0.2) is 29.5 Å². The summed E-state index contributed by atoms with van der Waals surface area (Å²) in [6.07, 6.45) is 1.20. The van der Waals surface area contributed by atoms with Gasteiger partial charge in [0.15, 0.2) is 0 Å². The summed E-state index contributed by atoms with van der Waals surface area (Å²) in [5.74, 6) is 0.578. The van der Waals surface area contributed by atoms with E-state index in [2.05, 4.69) is 5.32 Å². The van der Waals surface area contributed by atoms with E-state index in [4.69, 9.17) is 16.3 Å². The van der Waals surface area contributed by atoms with Gasteiger partial charge in [-0.3, -0.25) is 9.69 Å². The van der Waals surface area contributed by atoms with Crippen LogP contribution in [0.2, 0.25) is 5.02 Å². The molecule has 3 rings (SSSR count). The average Bonchev–Trinajstić information content (AvgIpc) is 2.84. The van der Waals surface area contributed by atoms with Gasteiger partial charge in [0.2, 0.25) is 0 Å². The number of amides is 3. The maximum absolute atomic E-state index is 12.8. The maximum Gasteiger partial charge on any atom is 0.325 e. The lowest BCUT2D eigenvalue weighted by Crippen LogP contribution is -2.44. The van der Waals surface area contributed by atoms with E-state index in [0.29, 0.717) is 17.9 Å². The molecule has 2 aromatic carbocycles. The van der Waals surface area contributed by atoms with Crippen molar-refractivity contribution >= 4 is 23.5 Å². The molecule has 1 aliphatic rings. The number of nitrogens with one attached hydrogen (secondary N) is 1. The molecule has 6 heteroatoms. The number of halogens is 1. The molecule has 136 valence electrons. The molecular weight excluding hydrogens is 352 g/mol. The van der Waals surface area contributed by atoms with Gasteiger partial charge in [-0.05, 0) is 55.2 Å². The van der Waals surface area contributed by atoms with Crippen molar-refractivity contribution in [2.24, 2.45) is 0 Å². The van der Waals surface area contributed by atoms with Gasteiger partial charge in [-0.15, -0.1) is 0 Å². The van der Waals surface area contributed by atoms with E-state index >= 15 is 0 Å². The third-order valence-electron chi connectivity index (χ3n) is 4.65. The monoisotopic (exact) mass is 372 g/mol. The second-order valence-electron chi connectivity index (χ2n) is 6.63. The number of carbonyl (C=O) groups is 2. The smallest absolute Gasteiger partial charge is 0.325 e. The first-order valence-electron chi connectivity index (χ1n) is 8.43. The minimum Gasteiger partial charge on any atom is -0.497 e. The summed E-state index contributed by atoms with van der Waals surface area (Å²) in [6, 6.07) is 14.5. The van der Waals surface area contributed by atoms with Crippen molar-refractivity contribution in [3.63, 3.8) is 0 Å². The summed E-state index contributed by atoms with van der Waals surface area (Å²) in [6.45, 7) is 1.98. The van der Waals surface area contributed by atoms with Crippen molar-refractivity contribution in [1.82, 2.24) is 10.2 Å². The highest BCUT2D eigenvalue weighted by molar-refractivity contribution is 6.30. The van der Waals surface area contributed by atoms with Gasteiger partial charge >= 0.3 is 6.03 Å². The number of benzene rings is 2. The predicted octanol–water partition coefficient (Wildman–Crippen LogP) is 3.79. The largest absolute Gasteiger partial charge is 0.497 e. The minimum absolute atomic E-state index is 0.212. The molecule has 0 aliphatic carbocycles. The van der Waals surface area contributed by atoms with Crippen LogP contribution in [0.15, 0.2) is 48.5 Å². The number of rotatable bonds is 6. The minimum atomic E-state index is -0.907. The highest BCUT2D eigenvalue weighted by Gasteiger charge is 2.47. The number of ether oxygens (including phenoxy) is 1. The number of hydrogen-bond donors (Lipinski definition) is 1. The van der Waals surface area contributed by atoms with E-state index < -0.39 is 5.54 Å². The highest BCUT2D eigenvalue weighted by atomic mass is 35.5. The number of aryl methyl sites for hydroxylation is 1. The van der Waals surface area contributed by atoms with E-state index in [0.717, 1.165) is 16.9 Å². The molecule has 1 N–H and O–H groups in total. The fraction of sp³-hybridized carbons (Fsp3) is 0.300. The van der Waals surface area contributed by atoms with E-state index in [1.165, 1.54) is 4.90 Å². The highest BCUT2D eigenvalue weighted by Crippen LogP contribution is 2.26. The molecule has 5 nitrogen and oxygen atoms in total. The average molecular weight is 373 g/mol. The van der Waals surface area contributed by atoms with E-state index in [1.807, 2.05) is 30.3 Å². The number of nitrogens with zero attached hydrogens (tertiary/aromatic N) is 1. The van der Waals surface area contributed by atoms with Crippen LogP contribution >= 0.6 is 11.6 Å². The second-order valence-corrected chi connectivity index (χ2v) is 7.07. The third-order valence-corrected chi connectivity index (χ3v) is 4.88. The van der Waals surface area contributed by atoms with Gasteiger partial charge in [-0.2, -0.15) is 0 Å². The van der Waals surface area contributed by atoms with Crippen LogP contribution in [0.1, 0.15) is 24.5 Å². The molecule has 0 radical (unpaired) electrons. The van der Waals surface area contributed by atoms with Gasteiger partial charge in [0, 0.05) is 5.02 Å². The first-order valence-corrected chi connectivity index (χ1v) is 8.80. The SMILES string of the molecule is COc1ccc(CCC2(C)NC(=O)N(Cc3cccc(Cl)c3)C2=O)cc1. The summed E-state index contributed by atoms with van der Waals surface area (Å²) in [4.78, 5) is 26.4. The zero-order valence-electron chi connectivity index (χ0n) is 14.8. The van der Waals surface area contributed by atoms with Gasteiger partial charge in [-0.25, -0.2) is 4.79 Å². The normalized spacial score (nSPS) is 19.6. The first kappa shape index (κ1) is 18.3. The first-order chi connectivity index (χ1) is 12.4. The van der Waals surface area contributed by atoms with E-state index in [-0.39, 0.29) is 18.5 Å². The maximum atomic E-state index is 12.8. The van der Waals surface area contributed by atoms with Gasteiger partial charge in [-0.1, -0.05) is 35.9 Å². The van der Waals surface area contributed by atoms with Gasteiger partial charge in [0.05, 0.1) is 13.7 Å². The summed E-state index contributed by atoms with van der Waals surface area (Å²) in [7, 11) is 1.62. The molecule has 1 saturated heterocycles. The summed E-state index contributed by atoms with van der Waals surface area (Å²) < 4.78 is 5.15. The molecule has 0 saturated carbocycles. The van der Waals surface area contributed by atoms with Crippen LogP contribution < -0.4 is 10.1 Å². The molecule has 1 unspecified atom stereocenters.